The van der Waals surface area contributed by atoms with Gasteiger partial charge in [-0.3, -0.25) is 4.79 Å². The Hall–Kier alpha value is -1.83. The maximum absolute atomic E-state index is 12.7. The zero-order valence-corrected chi connectivity index (χ0v) is 12.6. The highest BCUT2D eigenvalue weighted by atomic mass is 16.3. The van der Waals surface area contributed by atoms with E-state index in [4.69, 9.17) is 5.73 Å². The molecule has 4 nitrogen and oxygen atoms in total. The van der Waals surface area contributed by atoms with Crippen molar-refractivity contribution in [3.8, 4) is 11.8 Å². The van der Waals surface area contributed by atoms with E-state index >= 15 is 0 Å². The number of amides is 1. The van der Waals surface area contributed by atoms with Gasteiger partial charge in [0.15, 0.2) is 0 Å². The summed E-state index contributed by atoms with van der Waals surface area (Å²) in [6.45, 7) is 5.30. The van der Waals surface area contributed by atoms with Gasteiger partial charge in [-0.15, -0.1) is 0 Å². The van der Waals surface area contributed by atoms with Crippen molar-refractivity contribution in [1.29, 1.82) is 0 Å². The second-order valence-electron chi connectivity index (χ2n) is 5.60. The van der Waals surface area contributed by atoms with Gasteiger partial charge in [-0.05, 0) is 32.4 Å². The summed E-state index contributed by atoms with van der Waals surface area (Å²) in [5, 5.41) is 9.66. The van der Waals surface area contributed by atoms with Gasteiger partial charge in [-0.2, -0.15) is 0 Å². The Morgan fingerprint density at radius 3 is 2.95 bits per heavy atom. The Labute approximate surface area is 125 Å². The quantitative estimate of drug-likeness (QED) is 0.801. The molecule has 2 rings (SSSR count). The van der Waals surface area contributed by atoms with Crippen LogP contribution in [0.1, 0.15) is 34.8 Å². The van der Waals surface area contributed by atoms with E-state index in [2.05, 4.69) is 11.8 Å². The first-order valence-electron chi connectivity index (χ1n) is 7.30. The predicted octanol–water partition coefficient (Wildman–Crippen LogP) is 1.15. The monoisotopic (exact) mass is 286 g/mol. The minimum Gasteiger partial charge on any atom is -0.393 e. The molecule has 2 unspecified atom stereocenters. The average Bonchev–Trinajstić information content (AvgIpc) is 2.95. The second-order valence-corrected chi connectivity index (χ2v) is 5.60. The summed E-state index contributed by atoms with van der Waals surface area (Å²) in [5.41, 5.74) is 7.79. The van der Waals surface area contributed by atoms with E-state index < -0.39 is 0 Å². The Kier molecular flexibility index (Phi) is 5.00. The molecular weight excluding hydrogens is 264 g/mol. The van der Waals surface area contributed by atoms with Crippen LogP contribution in [0.15, 0.2) is 18.2 Å². The van der Waals surface area contributed by atoms with Crippen LogP contribution in [0.5, 0.6) is 0 Å². The second kappa shape index (κ2) is 6.75. The molecule has 3 N–H and O–H groups in total. The van der Waals surface area contributed by atoms with Gasteiger partial charge in [0, 0.05) is 24.6 Å². The van der Waals surface area contributed by atoms with E-state index in [-0.39, 0.29) is 24.5 Å². The molecule has 0 saturated carbocycles. The summed E-state index contributed by atoms with van der Waals surface area (Å²) in [6.07, 6.45) is 0.468. The number of aryl methyl sites for hydroxylation is 1. The van der Waals surface area contributed by atoms with Crippen molar-refractivity contribution in [3.63, 3.8) is 0 Å². The van der Waals surface area contributed by atoms with Gasteiger partial charge in [0.1, 0.15) is 0 Å². The van der Waals surface area contributed by atoms with Crippen LogP contribution >= 0.6 is 0 Å². The fraction of sp³-hybridized carbons (Fsp3) is 0.471. The summed E-state index contributed by atoms with van der Waals surface area (Å²) < 4.78 is 0. The lowest BCUT2D eigenvalue weighted by molar-refractivity contribution is 0.0762. The van der Waals surface area contributed by atoms with Gasteiger partial charge in [-0.25, -0.2) is 0 Å². The molecule has 2 atom stereocenters. The number of likely N-dealkylation sites (tertiary alicyclic amines) is 1. The molecule has 0 aliphatic carbocycles. The molecule has 1 fully saturated rings. The third kappa shape index (κ3) is 3.63. The molecule has 1 aromatic rings. The summed E-state index contributed by atoms with van der Waals surface area (Å²) in [6, 6.07) is 5.69. The molecule has 1 saturated heterocycles. The molecule has 1 aliphatic rings. The van der Waals surface area contributed by atoms with Gasteiger partial charge in [0.2, 0.25) is 0 Å². The Bertz CT molecular complexity index is 584. The first kappa shape index (κ1) is 15.6. The molecule has 0 spiro atoms. The largest absolute Gasteiger partial charge is 0.393 e. The lowest BCUT2D eigenvalue weighted by Gasteiger charge is -2.19. The Balaban J connectivity index is 2.25. The SMILES string of the molecule is Cc1ccc(C#CCN)c(C(=O)N2CCC(C(C)O)C2)c1. The Morgan fingerprint density at radius 2 is 2.33 bits per heavy atom. The molecule has 1 heterocycles. The fourth-order valence-corrected chi connectivity index (χ4v) is 2.63. The molecule has 1 amide bonds. The van der Waals surface area contributed by atoms with Crippen molar-refractivity contribution in [2.75, 3.05) is 19.6 Å². The van der Waals surface area contributed by atoms with E-state index in [0.29, 0.717) is 18.7 Å². The first-order valence-corrected chi connectivity index (χ1v) is 7.30. The number of aliphatic hydroxyl groups is 1. The van der Waals surface area contributed by atoms with Crippen molar-refractivity contribution >= 4 is 5.91 Å². The smallest absolute Gasteiger partial charge is 0.255 e. The maximum atomic E-state index is 12.7. The minimum absolute atomic E-state index is 0.0110. The molecule has 4 heteroatoms. The number of nitrogens with zero attached hydrogens (tertiary/aromatic N) is 1. The Morgan fingerprint density at radius 1 is 1.57 bits per heavy atom. The van der Waals surface area contributed by atoms with Crippen LogP contribution < -0.4 is 5.73 Å². The minimum atomic E-state index is -0.378. The number of carbonyl (C=O) groups excluding carboxylic acids is 1. The number of benzene rings is 1. The first-order chi connectivity index (χ1) is 10.0. The lowest BCUT2D eigenvalue weighted by Crippen LogP contribution is -2.31. The van der Waals surface area contributed by atoms with Crippen molar-refractivity contribution < 1.29 is 9.90 Å². The van der Waals surface area contributed by atoms with Gasteiger partial charge < -0.3 is 15.7 Å². The molecular formula is C17H22N2O2. The molecule has 0 bridgehead atoms. The van der Waals surface area contributed by atoms with Gasteiger partial charge in [0.05, 0.1) is 18.2 Å². The van der Waals surface area contributed by atoms with Crippen LogP contribution in [0, 0.1) is 24.7 Å². The highest BCUT2D eigenvalue weighted by molar-refractivity contribution is 5.97. The highest BCUT2D eigenvalue weighted by Gasteiger charge is 2.30. The van der Waals surface area contributed by atoms with E-state index in [1.54, 1.807) is 11.8 Å². The van der Waals surface area contributed by atoms with E-state index in [1.165, 1.54) is 0 Å². The van der Waals surface area contributed by atoms with Crippen LogP contribution in [0.25, 0.3) is 0 Å². The third-order valence-corrected chi connectivity index (χ3v) is 3.92. The maximum Gasteiger partial charge on any atom is 0.255 e. The van der Waals surface area contributed by atoms with E-state index in [0.717, 1.165) is 17.5 Å². The topological polar surface area (TPSA) is 66.6 Å². The molecule has 0 radical (unpaired) electrons. The summed E-state index contributed by atoms with van der Waals surface area (Å²) in [5.74, 6) is 5.92. The molecule has 1 aliphatic heterocycles. The van der Waals surface area contributed by atoms with Crippen LogP contribution in [-0.2, 0) is 0 Å². The van der Waals surface area contributed by atoms with Crippen molar-refractivity contribution in [2.45, 2.75) is 26.4 Å². The number of hydrogen-bond donors (Lipinski definition) is 2. The van der Waals surface area contributed by atoms with Crippen LogP contribution in [0.4, 0.5) is 0 Å². The normalized spacial score (nSPS) is 19.0. The standard InChI is InChI=1S/C17H22N2O2/c1-12-5-6-14(4-3-8-18)16(10-12)17(21)19-9-7-15(11-19)13(2)20/h5-6,10,13,15,20H,7-9,11,18H2,1-2H3. The fourth-order valence-electron chi connectivity index (χ4n) is 2.63. The van der Waals surface area contributed by atoms with Crippen molar-refractivity contribution in [2.24, 2.45) is 11.7 Å². The number of rotatable bonds is 2. The summed E-state index contributed by atoms with van der Waals surface area (Å²) >= 11 is 0. The van der Waals surface area contributed by atoms with Gasteiger partial charge >= 0.3 is 0 Å². The number of nitrogens with two attached hydrogens (primary N) is 1. The van der Waals surface area contributed by atoms with E-state index in [9.17, 15) is 9.90 Å². The number of hydrogen-bond acceptors (Lipinski definition) is 3. The summed E-state index contributed by atoms with van der Waals surface area (Å²) in [7, 11) is 0. The van der Waals surface area contributed by atoms with Crippen LogP contribution in [-0.4, -0.2) is 41.7 Å². The van der Waals surface area contributed by atoms with Crippen molar-refractivity contribution in [3.05, 3.63) is 34.9 Å². The molecule has 1 aromatic carbocycles. The zero-order chi connectivity index (χ0) is 15.4. The highest BCUT2D eigenvalue weighted by Crippen LogP contribution is 2.23. The van der Waals surface area contributed by atoms with Crippen LogP contribution in [0.3, 0.4) is 0 Å². The zero-order valence-electron chi connectivity index (χ0n) is 12.6. The lowest BCUT2D eigenvalue weighted by atomic mass is 10.0. The number of carbonyl (C=O) groups is 1. The van der Waals surface area contributed by atoms with Crippen LogP contribution in [0.2, 0.25) is 0 Å². The molecule has 112 valence electrons. The summed E-state index contributed by atoms with van der Waals surface area (Å²) in [4.78, 5) is 14.5. The van der Waals surface area contributed by atoms with E-state index in [1.807, 2.05) is 25.1 Å². The predicted molar refractivity (Wildman–Crippen MR) is 82.8 cm³/mol. The van der Waals surface area contributed by atoms with Gasteiger partial charge in [-0.1, -0.05) is 23.5 Å². The molecule has 21 heavy (non-hydrogen) atoms. The van der Waals surface area contributed by atoms with Crippen molar-refractivity contribution in [1.82, 2.24) is 4.90 Å². The average molecular weight is 286 g/mol. The number of aliphatic hydroxyl groups excluding tert-OH is 1. The molecule has 0 aromatic heterocycles. The third-order valence-electron chi connectivity index (χ3n) is 3.92. The van der Waals surface area contributed by atoms with Gasteiger partial charge in [0.25, 0.3) is 5.91 Å².